The number of hydrogen-bond acceptors (Lipinski definition) is 6. The zero-order valence-corrected chi connectivity index (χ0v) is 18.8. The van der Waals surface area contributed by atoms with Gasteiger partial charge >= 0.3 is 0 Å². The van der Waals surface area contributed by atoms with E-state index in [0.717, 1.165) is 81.4 Å². The van der Waals surface area contributed by atoms with Crippen molar-refractivity contribution in [3.8, 4) is 11.8 Å². The van der Waals surface area contributed by atoms with Crippen LogP contribution in [0.2, 0.25) is 0 Å². The van der Waals surface area contributed by atoms with Crippen LogP contribution in [0.5, 0.6) is 0 Å². The molecule has 0 aliphatic heterocycles. The molecule has 3 N–H and O–H groups in total. The second-order valence-electron chi connectivity index (χ2n) is 7.25. The molecular formula is C25H37N3O3. The van der Waals surface area contributed by atoms with Gasteiger partial charge in [-0.05, 0) is 43.9 Å². The fourth-order valence-electron chi connectivity index (χ4n) is 2.83. The molecule has 0 unspecified atom stereocenters. The Morgan fingerprint density at radius 1 is 1.16 bits per heavy atom. The summed E-state index contributed by atoms with van der Waals surface area (Å²) in [6.45, 7) is 9.93. The molecule has 6 nitrogen and oxygen atoms in total. The van der Waals surface area contributed by atoms with Gasteiger partial charge < -0.3 is 20.3 Å². The molecule has 0 aromatic heterocycles. The smallest absolute Gasteiger partial charge is 0.150 e. The van der Waals surface area contributed by atoms with Gasteiger partial charge in [0.05, 0.1) is 0 Å². The minimum atomic E-state index is 0.446. The average molecular weight is 428 g/mol. The first kappa shape index (κ1) is 26.6. The summed E-state index contributed by atoms with van der Waals surface area (Å²) in [5.41, 5.74) is 9.26. The Labute approximate surface area is 187 Å². The van der Waals surface area contributed by atoms with Gasteiger partial charge in [-0.3, -0.25) is 4.79 Å². The zero-order chi connectivity index (χ0) is 22.6. The van der Waals surface area contributed by atoms with Crippen molar-refractivity contribution in [1.82, 2.24) is 16.2 Å². The summed E-state index contributed by atoms with van der Waals surface area (Å²) in [4.78, 5) is 21.8. The molecular weight excluding hydrogens is 390 g/mol. The van der Waals surface area contributed by atoms with Gasteiger partial charge in [-0.15, -0.1) is 0 Å². The summed E-state index contributed by atoms with van der Waals surface area (Å²) in [6, 6.07) is 5.56. The van der Waals surface area contributed by atoms with Crippen LogP contribution in [0.25, 0.3) is 0 Å². The first-order chi connectivity index (χ1) is 15.2. The summed E-state index contributed by atoms with van der Waals surface area (Å²) in [6.07, 6.45) is 7.79. The highest BCUT2D eigenvalue weighted by Gasteiger charge is 2.06. The number of nitrogens with one attached hydrogen (secondary N) is 3. The van der Waals surface area contributed by atoms with E-state index in [0.29, 0.717) is 24.9 Å². The summed E-state index contributed by atoms with van der Waals surface area (Å²) in [5.74, 6) is 6.38. The Hall–Kier alpha value is -2.46. The molecule has 0 amide bonds. The van der Waals surface area contributed by atoms with Gasteiger partial charge in [0.25, 0.3) is 0 Å². The highest BCUT2D eigenvalue weighted by Crippen LogP contribution is 2.12. The summed E-state index contributed by atoms with van der Waals surface area (Å²) < 4.78 is 5.54. The molecule has 0 atom stereocenters. The quantitative estimate of drug-likeness (QED) is 0.144. The Bertz CT molecular complexity index is 722. The van der Waals surface area contributed by atoms with Gasteiger partial charge in [0.1, 0.15) is 12.6 Å². The van der Waals surface area contributed by atoms with Gasteiger partial charge in [-0.25, -0.2) is 5.43 Å². The molecule has 1 aromatic carbocycles. The zero-order valence-electron chi connectivity index (χ0n) is 18.8. The maximum absolute atomic E-state index is 11.4. The number of hydrazine groups is 1. The lowest BCUT2D eigenvalue weighted by atomic mass is 10.0. The molecule has 0 saturated carbocycles. The van der Waals surface area contributed by atoms with Crippen LogP contribution >= 0.6 is 0 Å². The summed E-state index contributed by atoms with van der Waals surface area (Å²) in [5, 5.41) is 3.37. The average Bonchev–Trinajstić information content (AvgIpc) is 2.78. The molecule has 170 valence electrons. The number of carbonyl (C=O) groups excluding carboxylic acids is 2. The van der Waals surface area contributed by atoms with Crippen molar-refractivity contribution in [1.29, 1.82) is 0 Å². The molecule has 6 heteroatoms. The van der Waals surface area contributed by atoms with Crippen LogP contribution in [0, 0.1) is 11.8 Å². The van der Waals surface area contributed by atoms with Crippen molar-refractivity contribution in [3.63, 3.8) is 0 Å². The number of ether oxygens (including phenoxy) is 1. The van der Waals surface area contributed by atoms with E-state index in [1.54, 1.807) is 6.07 Å². The molecule has 1 rings (SSSR count). The Morgan fingerprint density at radius 2 is 2.00 bits per heavy atom. The van der Waals surface area contributed by atoms with Crippen LogP contribution in [0.4, 0.5) is 0 Å². The topological polar surface area (TPSA) is 79.5 Å². The number of unbranched alkanes of at least 4 members (excludes halogenated alkanes) is 2. The summed E-state index contributed by atoms with van der Waals surface area (Å²) in [7, 11) is 0. The van der Waals surface area contributed by atoms with Crippen molar-refractivity contribution < 1.29 is 14.3 Å². The monoisotopic (exact) mass is 427 g/mol. The first-order valence-corrected chi connectivity index (χ1v) is 11.2. The van der Waals surface area contributed by atoms with Gasteiger partial charge in [0, 0.05) is 56.0 Å². The molecule has 0 bridgehead atoms. The van der Waals surface area contributed by atoms with Crippen LogP contribution in [0.15, 0.2) is 30.5 Å². The Morgan fingerprint density at radius 3 is 2.77 bits per heavy atom. The van der Waals surface area contributed by atoms with E-state index in [4.69, 9.17) is 4.74 Å². The molecule has 0 aliphatic carbocycles. The molecule has 1 aromatic rings. The molecule has 0 saturated heterocycles. The van der Waals surface area contributed by atoms with Gasteiger partial charge in [0.15, 0.2) is 0 Å². The maximum atomic E-state index is 11.4. The lowest BCUT2D eigenvalue weighted by molar-refractivity contribution is -0.107. The molecule has 0 spiro atoms. The number of allylic oxidation sites excluding steroid dienone is 1. The van der Waals surface area contributed by atoms with E-state index in [1.165, 1.54) is 6.42 Å². The van der Waals surface area contributed by atoms with Crippen LogP contribution in [0.1, 0.15) is 73.4 Å². The SMILES string of the molecule is C=C(CCCC=O)NNCc1c(C#CCCNCCCOCCCC)cccc1C=O. The lowest BCUT2D eigenvalue weighted by Gasteiger charge is -2.13. The van der Waals surface area contributed by atoms with Crippen molar-refractivity contribution in [2.45, 2.75) is 58.4 Å². The van der Waals surface area contributed by atoms with Crippen molar-refractivity contribution in [2.75, 3.05) is 26.3 Å². The van der Waals surface area contributed by atoms with E-state index < -0.39 is 0 Å². The van der Waals surface area contributed by atoms with Gasteiger partial charge in [-0.1, -0.05) is 43.9 Å². The van der Waals surface area contributed by atoms with Crippen molar-refractivity contribution in [2.24, 2.45) is 0 Å². The molecule has 0 aliphatic rings. The minimum absolute atomic E-state index is 0.446. The number of aldehydes is 2. The fourth-order valence-corrected chi connectivity index (χ4v) is 2.83. The Kier molecular flexibility index (Phi) is 15.7. The second kappa shape index (κ2) is 18.3. The van der Waals surface area contributed by atoms with E-state index in [9.17, 15) is 9.59 Å². The molecule has 0 radical (unpaired) electrons. The fraction of sp³-hybridized carbons (Fsp3) is 0.520. The highest BCUT2D eigenvalue weighted by molar-refractivity contribution is 5.78. The van der Waals surface area contributed by atoms with Crippen LogP contribution in [-0.4, -0.2) is 38.9 Å². The highest BCUT2D eigenvalue weighted by atomic mass is 16.5. The van der Waals surface area contributed by atoms with E-state index in [2.05, 4.69) is 41.5 Å². The number of carbonyl (C=O) groups is 2. The van der Waals surface area contributed by atoms with Crippen molar-refractivity contribution in [3.05, 3.63) is 47.2 Å². The summed E-state index contributed by atoms with van der Waals surface area (Å²) >= 11 is 0. The third-order valence-electron chi connectivity index (χ3n) is 4.60. The van der Waals surface area contributed by atoms with Gasteiger partial charge in [0.2, 0.25) is 0 Å². The predicted octanol–water partition coefficient (Wildman–Crippen LogP) is 3.51. The first-order valence-electron chi connectivity index (χ1n) is 11.2. The molecule has 31 heavy (non-hydrogen) atoms. The molecule has 0 fully saturated rings. The predicted molar refractivity (Wildman–Crippen MR) is 126 cm³/mol. The van der Waals surface area contributed by atoms with Crippen LogP contribution in [0.3, 0.4) is 0 Å². The van der Waals surface area contributed by atoms with Crippen LogP contribution in [-0.2, 0) is 16.1 Å². The standard InChI is InChI=1S/C25H37N3O3/c1-3-4-18-31-19-10-16-26-15-7-5-12-23-13-9-14-24(21-30)25(23)20-27-28-22(2)11-6-8-17-29/h9,13-14,17,21,26-28H,2-4,6-8,10-11,15-16,18-20H2,1H3. The van der Waals surface area contributed by atoms with Crippen LogP contribution < -0.4 is 16.2 Å². The van der Waals surface area contributed by atoms with E-state index in [1.807, 2.05) is 12.1 Å². The second-order valence-corrected chi connectivity index (χ2v) is 7.25. The molecule has 0 heterocycles. The van der Waals surface area contributed by atoms with Gasteiger partial charge in [-0.2, -0.15) is 0 Å². The van der Waals surface area contributed by atoms with E-state index >= 15 is 0 Å². The number of hydrogen-bond donors (Lipinski definition) is 3. The lowest BCUT2D eigenvalue weighted by Crippen LogP contribution is -2.30. The number of benzene rings is 1. The van der Waals surface area contributed by atoms with Crippen molar-refractivity contribution >= 4 is 12.6 Å². The maximum Gasteiger partial charge on any atom is 0.150 e. The Balaban J connectivity index is 2.41. The largest absolute Gasteiger partial charge is 0.381 e. The van der Waals surface area contributed by atoms with E-state index in [-0.39, 0.29) is 0 Å². The normalized spacial score (nSPS) is 10.2. The third kappa shape index (κ3) is 12.7. The minimum Gasteiger partial charge on any atom is -0.381 e. The third-order valence-corrected chi connectivity index (χ3v) is 4.60. The number of rotatable bonds is 18.